The number of amides is 3. The number of nitrogens with zero attached hydrogens (tertiary/aromatic N) is 1. The monoisotopic (exact) mass is 657 g/mol. The predicted octanol–water partition coefficient (Wildman–Crippen LogP) is 2.29. The Kier molecular flexibility index (Phi) is 12.2. The standard InChI is InChI=1S/C28H40IN3O7/c1-15-9-16(2)11-18(4)39-28(38)22(14-33)31-26(36)23(13-20-7-8-24(34)21(29)12-20)32(6)27(37)19(5)30-25(35)17(3)10-15/h7-9,12,16-19,22-23,33-34H,10-11,13-14H2,1-6H3,(H,30,35)(H,31,36)/b15-9+/t16-,17-,18-,19+,22+,23-/m1/s1. The number of hydrogen-bond acceptors (Lipinski definition) is 7. The Hall–Kier alpha value is -2.67. The number of carbonyl (C=O) groups excluding carboxylic acids is 4. The van der Waals surface area contributed by atoms with Gasteiger partial charge >= 0.3 is 5.97 Å². The van der Waals surface area contributed by atoms with Gasteiger partial charge in [-0.05, 0) is 79.8 Å². The van der Waals surface area contributed by atoms with Crippen molar-refractivity contribution in [2.45, 2.75) is 78.1 Å². The molecule has 10 nitrogen and oxygen atoms in total. The molecule has 0 fully saturated rings. The van der Waals surface area contributed by atoms with Crippen LogP contribution in [0.2, 0.25) is 0 Å². The zero-order valence-corrected chi connectivity index (χ0v) is 25.5. The molecule has 0 aliphatic carbocycles. The minimum Gasteiger partial charge on any atom is -0.507 e. The molecule has 0 aromatic heterocycles. The second-order valence-corrected chi connectivity index (χ2v) is 11.7. The highest BCUT2D eigenvalue weighted by molar-refractivity contribution is 14.1. The first kappa shape index (κ1) is 32.5. The number of esters is 1. The zero-order valence-electron chi connectivity index (χ0n) is 23.4. The summed E-state index contributed by atoms with van der Waals surface area (Å²) in [6, 6.07) is 1.50. The van der Waals surface area contributed by atoms with E-state index in [9.17, 15) is 29.4 Å². The highest BCUT2D eigenvalue weighted by Crippen LogP contribution is 2.22. The van der Waals surface area contributed by atoms with Gasteiger partial charge in [-0.3, -0.25) is 14.4 Å². The third-order valence-electron chi connectivity index (χ3n) is 6.74. The minimum atomic E-state index is -1.32. The highest BCUT2D eigenvalue weighted by atomic mass is 127. The molecule has 0 saturated heterocycles. The maximum atomic E-state index is 13.5. The summed E-state index contributed by atoms with van der Waals surface area (Å²) in [7, 11) is 1.45. The second kappa shape index (κ2) is 14.6. The van der Waals surface area contributed by atoms with Crippen LogP contribution in [-0.2, 0) is 30.3 Å². The van der Waals surface area contributed by atoms with Crippen LogP contribution in [0.4, 0.5) is 0 Å². The summed E-state index contributed by atoms with van der Waals surface area (Å²) >= 11 is 1.96. The average molecular weight is 658 g/mol. The van der Waals surface area contributed by atoms with Gasteiger partial charge in [0.2, 0.25) is 17.7 Å². The van der Waals surface area contributed by atoms with E-state index in [1.807, 2.05) is 42.5 Å². The summed E-state index contributed by atoms with van der Waals surface area (Å²) in [6.07, 6.45) is 2.62. The molecule has 0 unspecified atom stereocenters. The third kappa shape index (κ3) is 9.48. The van der Waals surface area contributed by atoms with Crippen molar-refractivity contribution in [3.63, 3.8) is 0 Å². The number of aliphatic hydroxyl groups is 1. The smallest absolute Gasteiger partial charge is 0.331 e. The van der Waals surface area contributed by atoms with Crippen molar-refractivity contribution < 1.29 is 34.1 Å². The van der Waals surface area contributed by atoms with Crippen LogP contribution in [0.15, 0.2) is 29.8 Å². The molecule has 0 saturated carbocycles. The topological polar surface area (TPSA) is 145 Å². The van der Waals surface area contributed by atoms with Crippen molar-refractivity contribution >= 4 is 46.3 Å². The van der Waals surface area contributed by atoms with Crippen molar-refractivity contribution in [2.24, 2.45) is 11.8 Å². The summed E-state index contributed by atoms with van der Waals surface area (Å²) in [4.78, 5) is 53.7. The molecule has 1 heterocycles. The van der Waals surface area contributed by atoms with E-state index < -0.39 is 48.6 Å². The summed E-state index contributed by atoms with van der Waals surface area (Å²) in [6.45, 7) is 8.32. The Labute approximate surface area is 243 Å². The number of benzene rings is 1. The van der Waals surface area contributed by atoms with Gasteiger partial charge in [-0.25, -0.2) is 4.79 Å². The van der Waals surface area contributed by atoms with Crippen LogP contribution in [0.25, 0.3) is 0 Å². The van der Waals surface area contributed by atoms with Crippen LogP contribution in [0.5, 0.6) is 5.75 Å². The van der Waals surface area contributed by atoms with Crippen LogP contribution in [0, 0.1) is 15.4 Å². The van der Waals surface area contributed by atoms with E-state index in [2.05, 4.69) is 10.6 Å². The highest BCUT2D eigenvalue weighted by Gasteiger charge is 2.34. The number of likely N-dealkylation sites (N-methyl/N-ethyl adjacent to an activating group) is 1. The van der Waals surface area contributed by atoms with Crippen LogP contribution in [-0.4, -0.2) is 76.7 Å². The Morgan fingerprint density at radius 3 is 2.36 bits per heavy atom. The SMILES string of the molecule is C/C1=C\[C@@H](C)C[C@@H](C)OC(=O)[C@H](CO)NC(=O)[C@@H](Cc2ccc(O)c(I)c2)N(C)C(=O)[C@H](C)NC(=O)[C@H](C)C1. The summed E-state index contributed by atoms with van der Waals surface area (Å²) in [5.74, 6) is -2.46. The van der Waals surface area contributed by atoms with E-state index in [1.54, 1.807) is 32.9 Å². The summed E-state index contributed by atoms with van der Waals surface area (Å²) < 4.78 is 6.09. The van der Waals surface area contributed by atoms with Gasteiger partial charge in [-0.1, -0.05) is 31.6 Å². The molecule has 1 aliphatic rings. The molecule has 4 N–H and O–H groups in total. The van der Waals surface area contributed by atoms with Crippen LogP contribution in [0.1, 0.15) is 53.0 Å². The molecule has 1 aromatic rings. The van der Waals surface area contributed by atoms with Gasteiger partial charge in [-0.2, -0.15) is 0 Å². The van der Waals surface area contributed by atoms with Gasteiger partial charge in [0.15, 0.2) is 6.04 Å². The lowest BCUT2D eigenvalue weighted by Crippen LogP contribution is -2.57. The molecule has 3 amide bonds. The van der Waals surface area contributed by atoms with Gasteiger partial charge in [0.1, 0.15) is 17.8 Å². The van der Waals surface area contributed by atoms with Crippen molar-refractivity contribution in [2.75, 3.05) is 13.7 Å². The van der Waals surface area contributed by atoms with Gasteiger partial charge < -0.3 is 30.5 Å². The largest absolute Gasteiger partial charge is 0.507 e. The molecule has 1 aromatic carbocycles. The van der Waals surface area contributed by atoms with Gasteiger partial charge in [0.05, 0.1) is 16.3 Å². The van der Waals surface area contributed by atoms with E-state index in [-0.39, 0.29) is 29.9 Å². The number of hydrogen-bond donors (Lipinski definition) is 4. The maximum absolute atomic E-state index is 13.5. The molecular formula is C28H40IN3O7. The van der Waals surface area contributed by atoms with Crippen molar-refractivity contribution in [1.29, 1.82) is 0 Å². The number of rotatable bonds is 3. The van der Waals surface area contributed by atoms with E-state index >= 15 is 0 Å². The molecule has 39 heavy (non-hydrogen) atoms. The van der Waals surface area contributed by atoms with Crippen molar-refractivity contribution in [3.8, 4) is 5.75 Å². The second-order valence-electron chi connectivity index (χ2n) is 10.5. The third-order valence-corrected chi connectivity index (χ3v) is 7.60. The Balaban J connectivity index is 2.44. The van der Waals surface area contributed by atoms with E-state index in [0.29, 0.717) is 22.0 Å². The van der Waals surface area contributed by atoms with Gasteiger partial charge in [0, 0.05) is 19.4 Å². The van der Waals surface area contributed by atoms with Gasteiger partial charge in [0.25, 0.3) is 0 Å². The zero-order chi connectivity index (χ0) is 29.4. The number of ether oxygens (including phenoxy) is 1. The summed E-state index contributed by atoms with van der Waals surface area (Å²) in [5.41, 5.74) is 1.67. The lowest BCUT2D eigenvalue weighted by Gasteiger charge is -2.31. The molecule has 216 valence electrons. The van der Waals surface area contributed by atoms with Gasteiger partial charge in [-0.15, -0.1) is 0 Å². The lowest BCUT2D eigenvalue weighted by atomic mass is 9.95. The van der Waals surface area contributed by atoms with Crippen molar-refractivity contribution in [1.82, 2.24) is 15.5 Å². The molecule has 0 radical (unpaired) electrons. The average Bonchev–Trinajstić information content (AvgIpc) is 2.85. The summed E-state index contributed by atoms with van der Waals surface area (Å²) in [5, 5.41) is 25.1. The molecular weight excluding hydrogens is 617 g/mol. The maximum Gasteiger partial charge on any atom is 0.331 e. The lowest BCUT2D eigenvalue weighted by molar-refractivity contribution is -0.154. The number of phenols is 1. The Morgan fingerprint density at radius 2 is 1.74 bits per heavy atom. The fraction of sp³-hybridized carbons (Fsp3) is 0.571. The number of allylic oxidation sites excluding steroid dienone is 2. The first-order chi connectivity index (χ1) is 18.2. The fourth-order valence-electron chi connectivity index (χ4n) is 4.68. The molecule has 0 spiro atoms. The molecule has 1 aliphatic heterocycles. The van der Waals surface area contributed by atoms with Crippen molar-refractivity contribution in [3.05, 3.63) is 39.0 Å². The molecule has 0 bridgehead atoms. The number of phenolic OH excluding ortho intramolecular Hbond substituents is 1. The number of nitrogens with one attached hydrogen (secondary N) is 2. The first-order valence-electron chi connectivity index (χ1n) is 13.1. The number of aliphatic hydroxyl groups excluding tert-OH is 1. The van der Waals surface area contributed by atoms with E-state index in [1.165, 1.54) is 18.0 Å². The van der Waals surface area contributed by atoms with E-state index in [4.69, 9.17) is 4.74 Å². The normalized spacial score (nSPS) is 29.8. The predicted molar refractivity (Wildman–Crippen MR) is 155 cm³/mol. The molecule has 11 heteroatoms. The molecule has 2 rings (SSSR count). The molecule has 6 atom stereocenters. The first-order valence-corrected chi connectivity index (χ1v) is 14.1. The van der Waals surface area contributed by atoms with Crippen LogP contribution in [0.3, 0.4) is 0 Å². The van der Waals surface area contributed by atoms with E-state index in [0.717, 1.165) is 5.57 Å². The number of carbonyl (C=O) groups is 4. The number of cyclic esters (lactones) is 1. The number of aromatic hydroxyl groups is 1. The Bertz CT molecular complexity index is 1090. The fourth-order valence-corrected chi connectivity index (χ4v) is 5.26. The quantitative estimate of drug-likeness (QED) is 0.222. The van der Waals surface area contributed by atoms with Crippen LogP contribution < -0.4 is 10.6 Å². The minimum absolute atomic E-state index is 0.0516. The number of halogens is 1. The Morgan fingerprint density at radius 1 is 1.08 bits per heavy atom. The van der Waals surface area contributed by atoms with Crippen LogP contribution >= 0.6 is 22.6 Å².